The van der Waals surface area contributed by atoms with Crippen molar-refractivity contribution < 1.29 is 68.0 Å². The highest BCUT2D eigenvalue weighted by molar-refractivity contribution is 7.89. The fraction of sp³-hybridized carbons (Fsp3) is 0.360. The number of piperazine rings is 1. The largest absolute Gasteiger partial charge is 0.440 e. The summed E-state index contributed by atoms with van der Waals surface area (Å²) in [6, 6.07) is 53.3. The molecule has 0 unspecified atom stereocenters. The zero-order valence-corrected chi connectivity index (χ0v) is 81.0. The SMILES string of the molecule is CS(=O)(=O)Cc1cc(N2CCOCC2)nc(-c2ccc(CO)cc2)n1.CS(=O)(=O)N1CCN(Cc2cc3nc(-c4cccc5[nH]ncc45)nc(N4CCOCC4)c3s2)CC1.Nc1cc(C(F)(F)F)c(-c2cc(N3CCOCC3)nc(N3CCOCC3)n2)cn1.O=c1cc(N2CCOCC2)oc2c(-c3ccccc3)cccc12.c1ccc(CCNc2nc(-c3cccc4[nH]ccc34)cc(N3CCOCC3)n2)nc1. The number of hydrogen-bond acceptors (Lipinski definition) is 34. The predicted molar refractivity (Wildman–Crippen MR) is 543 cm³/mol. The Hall–Kier alpha value is -13.4. The van der Waals surface area contributed by atoms with Crippen molar-refractivity contribution >= 4 is 121 Å². The number of aliphatic hydroxyl groups excluding tert-OH is 1. The van der Waals surface area contributed by atoms with E-state index in [0.717, 1.165) is 186 Å². The Bertz CT molecular complexity index is 7080. The molecule has 7 saturated heterocycles. The van der Waals surface area contributed by atoms with Crippen LogP contribution in [0.15, 0.2) is 204 Å². The molecular formula is C100H110F3N23O13S3. The van der Waals surface area contributed by atoms with Crippen LogP contribution in [0.2, 0.25) is 0 Å². The van der Waals surface area contributed by atoms with Crippen LogP contribution in [0.3, 0.4) is 0 Å². The molecule has 0 saturated carbocycles. The number of nitrogens with two attached hydrogens (primary N) is 1. The van der Waals surface area contributed by atoms with Crippen molar-refractivity contribution in [2.45, 2.75) is 31.5 Å². The molecule has 0 radical (unpaired) electrons. The number of fused-ring (bicyclic) bond motifs is 4. The number of morpholine rings is 6. The number of benzene rings is 5. The Morgan fingerprint density at radius 2 is 1.10 bits per heavy atom. The van der Waals surface area contributed by atoms with Crippen LogP contribution < -0.4 is 45.9 Å². The predicted octanol–water partition coefficient (Wildman–Crippen LogP) is 11.8. The standard InChI is InChI=1S/C23H27N7O3S2.C23H24N6O.C19H17NO3.C18H21F3N6O2.C17H21N3O4S/c1-35(31,32)30-7-5-28(6-8-30)15-16-13-20-21(34-16)23(29-9-11-33-12-10-29)26-22(25-20)17-3-2-4-19-18(17)14-24-27-19;1-2-9-24-17(4-1)7-10-26-23-27-21(16-22(28-23)29-12-14-30-15-13-29)18-5-3-6-20-19(18)8-11-25-20;21-17-13-18(20-9-11-22-12-10-20)23-19-15(7-4-8-16(17)19)14-5-2-1-3-6-14;19-18(20,21)13-9-15(22)23-11-12(13)14-10-16(26-1-5-28-6-2-26)25-17(24-14)27-3-7-29-8-4-27;1-25(22,23)12-15-10-16(20-6-8-24-9-7-20)19-17(18-15)14-4-2-13(11-21)3-5-14/h2-4,13-14H,5-12,15H2,1H3,(H,24,27);1-6,8-9,11,16,25H,7,10,12-15H2,(H,26,27,28);1-8,13H,9-12H2;9-11H,1-8H2,(H2,22,23);2-5,10,21H,6-9,11-12H2,1H3. The van der Waals surface area contributed by atoms with Gasteiger partial charge in [-0.1, -0.05) is 97.1 Å². The van der Waals surface area contributed by atoms with Gasteiger partial charge < -0.3 is 83.4 Å². The smallest absolute Gasteiger partial charge is 0.417 e. The number of aliphatic hydroxyl groups is 1. The van der Waals surface area contributed by atoms with Crippen LogP contribution in [0.5, 0.6) is 0 Å². The highest BCUT2D eigenvalue weighted by Gasteiger charge is 2.36. The number of nitrogens with zero attached hydrogens (tertiary/aromatic N) is 19. The number of nitrogens with one attached hydrogen (secondary N) is 3. The maximum absolute atomic E-state index is 13.6. The average Bonchev–Trinajstić information content (AvgIpc) is 1.54. The molecule has 0 amide bonds. The number of rotatable bonds is 21. The van der Waals surface area contributed by atoms with Gasteiger partial charge in [-0.3, -0.25) is 19.8 Å². The maximum atomic E-state index is 13.6. The molecular weight excluding hydrogens is 1880 g/mol. The average molecular weight is 2000 g/mol. The maximum Gasteiger partial charge on any atom is 0.417 e. The number of anilines is 8. The molecule has 142 heavy (non-hydrogen) atoms. The van der Waals surface area contributed by atoms with Crippen LogP contribution in [0, 0.1) is 0 Å². The summed E-state index contributed by atoms with van der Waals surface area (Å²) in [6.45, 7) is 19.9. The first-order chi connectivity index (χ1) is 69.0. The van der Waals surface area contributed by atoms with Crippen molar-refractivity contribution in [2.24, 2.45) is 0 Å². The number of nitrogen functional groups attached to an aromatic ring is 1. The third-order valence-corrected chi connectivity index (χ3v) is 28.0. The summed E-state index contributed by atoms with van der Waals surface area (Å²) in [6.07, 6.45) is 5.42. The lowest BCUT2D eigenvalue weighted by Gasteiger charge is -2.32. The minimum atomic E-state index is -4.59. The molecule has 15 aromatic rings. The summed E-state index contributed by atoms with van der Waals surface area (Å²) in [5, 5.41) is 22.6. The van der Waals surface area contributed by atoms with E-state index in [0.29, 0.717) is 176 Å². The summed E-state index contributed by atoms with van der Waals surface area (Å²) in [5.74, 6) is 5.62. The molecule has 5 aromatic carbocycles. The fourth-order valence-corrected chi connectivity index (χ4v) is 20.1. The first-order valence-electron chi connectivity index (χ1n) is 47.1. The highest BCUT2D eigenvalue weighted by atomic mass is 32.2. The molecule has 17 heterocycles. The van der Waals surface area contributed by atoms with E-state index in [9.17, 15) is 34.8 Å². The number of H-pyrrole nitrogens is 2. The molecule has 0 aliphatic carbocycles. The van der Waals surface area contributed by atoms with Crippen molar-refractivity contribution in [1.82, 2.24) is 74.2 Å². The molecule has 42 heteroatoms. The molecule has 7 aliphatic rings. The van der Waals surface area contributed by atoms with Crippen molar-refractivity contribution in [3.8, 4) is 56.4 Å². The van der Waals surface area contributed by atoms with E-state index >= 15 is 0 Å². The molecule has 0 spiro atoms. The number of sulfone groups is 1. The number of alkyl halides is 3. The van der Waals surface area contributed by atoms with E-state index < -0.39 is 31.6 Å². The Morgan fingerprint density at radius 1 is 0.500 bits per heavy atom. The molecule has 742 valence electrons. The van der Waals surface area contributed by atoms with Gasteiger partial charge in [-0.15, -0.1) is 11.3 Å². The molecule has 36 nitrogen and oxygen atoms in total. The normalized spacial score (nSPS) is 16.4. The zero-order valence-electron chi connectivity index (χ0n) is 78.6. The lowest BCUT2D eigenvalue weighted by atomic mass is 10.0. The first kappa shape index (κ1) is 98.8. The van der Waals surface area contributed by atoms with Gasteiger partial charge in [0.15, 0.2) is 38.6 Å². The monoisotopic (exact) mass is 1990 g/mol. The fourth-order valence-electron chi connectivity index (χ4n) is 17.5. The number of aromatic amines is 2. The van der Waals surface area contributed by atoms with Crippen molar-refractivity contribution in [2.75, 3.05) is 244 Å². The quantitative estimate of drug-likeness (QED) is 0.0446. The number of hydrogen-bond donors (Lipinski definition) is 5. The van der Waals surface area contributed by atoms with Gasteiger partial charge in [-0.2, -0.15) is 32.5 Å². The van der Waals surface area contributed by atoms with Crippen LogP contribution >= 0.6 is 11.3 Å². The molecule has 7 aliphatic heterocycles. The number of ether oxygens (including phenoxy) is 6. The van der Waals surface area contributed by atoms with Gasteiger partial charge in [0.1, 0.15) is 28.9 Å². The number of pyridine rings is 2. The molecule has 7 fully saturated rings. The number of para-hydroxylation sites is 1. The van der Waals surface area contributed by atoms with Crippen LogP contribution in [0.1, 0.15) is 27.4 Å². The van der Waals surface area contributed by atoms with Gasteiger partial charge in [-0.05, 0) is 59.7 Å². The number of thiophene rings is 1. The first-order valence-corrected chi connectivity index (χ1v) is 51.8. The third-order valence-electron chi connectivity index (χ3n) is 24.8. The van der Waals surface area contributed by atoms with E-state index in [2.05, 4.69) is 111 Å². The highest BCUT2D eigenvalue weighted by Crippen LogP contribution is 2.41. The molecule has 0 atom stereocenters. The third kappa shape index (κ3) is 25.0. The van der Waals surface area contributed by atoms with Gasteiger partial charge in [-0.25, -0.2) is 51.7 Å². The summed E-state index contributed by atoms with van der Waals surface area (Å²) >= 11 is 1.73. The lowest BCUT2D eigenvalue weighted by molar-refractivity contribution is -0.137. The Balaban J connectivity index is 0.000000118. The summed E-state index contributed by atoms with van der Waals surface area (Å²) < 4.78 is 129. The van der Waals surface area contributed by atoms with Crippen LogP contribution in [-0.2, 0) is 79.8 Å². The molecule has 10 aromatic heterocycles. The van der Waals surface area contributed by atoms with Crippen molar-refractivity contribution in [3.63, 3.8) is 0 Å². The Kier molecular flexibility index (Phi) is 31.8. The molecule has 22 rings (SSSR count). The second-order valence-electron chi connectivity index (χ2n) is 34.7. The van der Waals surface area contributed by atoms with E-state index in [1.54, 1.807) is 46.0 Å². The summed E-state index contributed by atoms with van der Waals surface area (Å²) in [7, 11) is -6.34. The summed E-state index contributed by atoms with van der Waals surface area (Å²) in [5.41, 5.74) is 16.3. The summed E-state index contributed by atoms with van der Waals surface area (Å²) in [4.78, 5) is 77.9. The number of halogens is 3. The van der Waals surface area contributed by atoms with E-state index in [1.807, 2.05) is 125 Å². The van der Waals surface area contributed by atoms with Gasteiger partial charge >= 0.3 is 6.18 Å². The molecule has 0 bridgehead atoms. The number of sulfonamides is 1. The van der Waals surface area contributed by atoms with Crippen molar-refractivity contribution in [1.29, 1.82) is 0 Å². The minimum absolute atomic E-state index is 0.00878. The number of aromatic nitrogens is 13. The zero-order chi connectivity index (χ0) is 98.1. The lowest BCUT2D eigenvalue weighted by Crippen LogP contribution is -2.47. The van der Waals surface area contributed by atoms with Gasteiger partial charge in [0, 0.05) is 228 Å². The van der Waals surface area contributed by atoms with Crippen LogP contribution in [-0.4, -0.2) is 299 Å². The van der Waals surface area contributed by atoms with E-state index in [-0.39, 0.29) is 34.9 Å². The van der Waals surface area contributed by atoms with Gasteiger partial charge in [0.25, 0.3) is 0 Å². The second kappa shape index (κ2) is 45.7. The second-order valence-corrected chi connectivity index (χ2v) is 39.9. The minimum Gasteiger partial charge on any atom is -0.440 e. The van der Waals surface area contributed by atoms with Crippen LogP contribution in [0.25, 0.3) is 99.4 Å². The van der Waals surface area contributed by atoms with Crippen molar-refractivity contribution in [3.05, 3.63) is 232 Å². The van der Waals surface area contributed by atoms with Gasteiger partial charge in [0.2, 0.25) is 21.9 Å². The molecule has 6 N–H and O–H groups in total. The van der Waals surface area contributed by atoms with Gasteiger partial charge in [0.05, 0.1) is 148 Å². The van der Waals surface area contributed by atoms with Crippen LogP contribution in [0.4, 0.5) is 60.0 Å². The Labute approximate surface area is 822 Å². The van der Waals surface area contributed by atoms with E-state index in [4.69, 9.17) is 63.6 Å². The topological polar surface area (TPSA) is 411 Å². The van der Waals surface area contributed by atoms with E-state index in [1.165, 1.54) is 17.4 Å². The Morgan fingerprint density at radius 3 is 1.73 bits per heavy atom.